The van der Waals surface area contributed by atoms with Crippen molar-refractivity contribution in [2.75, 3.05) is 18.3 Å². The lowest BCUT2D eigenvalue weighted by atomic mass is 9.98. The van der Waals surface area contributed by atoms with Crippen molar-refractivity contribution in [3.8, 4) is 0 Å². The van der Waals surface area contributed by atoms with Gasteiger partial charge in [0, 0.05) is 84.6 Å². The molecule has 9 heteroatoms. The number of fused-ring (bicyclic) bond motifs is 1. The van der Waals surface area contributed by atoms with E-state index >= 15 is 4.39 Å². The maximum atomic E-state index is 16.7. The van der Waals surface area contributed by atoms with Gasteiger partial charge in [-0.1, -0.05) is 24.3 Å². The van der Waals surface area contributed by atoms with Crippen LogP contribution in [0.1, 0.15) is 92.1 Å². The molecule has 202 valence electrons. The van der Waals surface area contributed by atoms with E-state index in [0.29, 0.717) is 0 Å². The van der Waals surface area contributed by atoms with Crippen LogP contribution in [0.3, 0.4) is 0 Å². The highest BCUT2D eigenvalue weighted by atomic mass is 19.1. The number of hydrogen-bond acceptors (Lipinski definition) is 6. The van der Waals surface area contributed by atoms with Gasteiger partial charge in [0.2, 0.25) is 11.8 Å². The quantitative estimate of drug-likeness (QED) is 0.545. The number of benzene rings is 2. The summed E-state index contributed by atoms with van der Waals surface area (Å²) in [5.41, 5.74) is -9.54. The second kappa shape index (κ2) is 9.78. The number of nitrogens with zero attached hydrogens (tertiary/aromatic N) is 2. The highest BCUT2D eigenvalue weighted by Gasteiger charge is 2.40. The molecule has 8 nitrogen and oxygen atoms in total. The second-order valence-corrected chi connectivity index (χ2v) is 9.10. The molecule has 3 heterocycles. The number of amides is 3. The zero-order valence-corrected chi connectivity index (χ0v) is 20.4. The van der Waals surface area contributed by atoms with Gasteiger partial charge in [0.05, 0.1) is 18.1 Å². The van der Waals surface area contributed by atoms with Crippen molar-refractivity contribution in [2.45, 2.75) is 77.1 Å². The Morgan fingerprint density at radius 2 is 1.92 bits per heavy atom. The lowest BCUT2D eigenvalue weighted by molar-refractivity contribution is -0.182. The Bertz CT molecular complexity index is 2040. The van der Waals surface area contributed by atoms with Crippen LogP contribution in [0.15, 0.2) is 36.4 Å². The molecule has 0 aromatic heterocycles. The monoisotopic (exact) mass is 540 g/mol. The number of carbonyl (C=O) groups excluding carboxylic acids is 3. The molecule has 0 radical (unpaired) electrons. The zero-order valence-electron chi connectivity index (χ0n) is 38.4. The third-order valence-electron chi connectivity index (χ3n) is 5.41. The predicted octanol–water partition coefficient (Wildman–Crippen LogP) is 3.59. The minimum atomic E-state index is -3.88. The lowest BCUT2D eigenvalue weighted by Crippen LogP contribution is -2.56. The molecule has 2 aromatic rings. The van der Waals surface area contributed by atoms with E-state index in [4.69, 9.17) is 29.4 Å². The molecule has 2 N–H and O–H groups in total. The zero-order chi connectivity index (χ0) is 43.2. The van der Waals surface area contributed by atoms with Crippen LogP contribution in [0.25, 0.3) is 0 Å². The first-order valence-corrected chi connectivity index (χ1v) is 11.3. The standard InChI is InChI=1S/C29H35FN4O4/c1-28(2)16-33(17-29(3,4)38-28)14-19-8-5-7-18(25(19)30)13-31-22-10-6-9-20-21(22)15-34(27(20)37)23-11-12-24(35)32-26(23)36/h5-10,23,31H,11-17H2,1-4H3,(H,32,35,36)/i1D3,11D2,12D2,13D2,14D2,15D2,16D2,17D2,23D. The van der Waals surface area contributed by atoms with E-state index in [2.05, 4.69) is 5.32 Å². The van der Waals surface area contributed by atoms with Gasteiger partial charge in [-0.2, -0.15) is 0 Å². The summed E-state index contributed by atoms with van der Waals surface area (Å²) in [6.45, 7) is -17.5. The van der Waals surface area contributed by atoms with Crippen LogP contribution in [0.5, 0.6) is 0 Å². The largest absolute Gasteiger partial charge is 0.381 e. The summed E-state index contributed by atoms with van der Waals surface area (Å²) in [6, 6.07) is 1.70. The third kappa shape index (κ3) is 5.31. The summed E-state index contributed by atoms with van der Waals surface area (Å²) < 4.78 is 176. The van der Waals surface area contributed by atoms with Crippen LogP contribution in [-0.4, -0.2) is 57.7 Å². The van der Waals surface area contributed by atoms with Crippen molar-refractivity contribution in [1.82, 2.24) is 15.1 Å². The number of rotatable bonds is 6. The topological polar surface area (TPSA) is 91.0 Å². The molecule has 5 rings (SSSR count). The van der Waals surface area contributed by atoms with Crippen LogP contribution >= 0.6 is 0 Å². The number of anilines is 1. The van der Waals surface area contributed by atoms with Crippen LogP contribution < -0.4 is 10.6 Å². The number of carbonyl (C=O) groups is 3. The molecule has 3 aliphatic heterocycles. The Labute approximate surface area is 247 Å². The van der Waals surface area contributed by atoms with Crippen molar-refractivity contribution in [1.29, 1.82) is 0 Å². The first-order valence-electron chi connectivity index (χ1n) is 20.3. The normalized spacial score (nSPS) is 42.0. The van der Waals surface area contributed by atoms with Gasteiger partial charge in [-0.05, 0) is 46.1 Å². The summed E-state index contributed by atoms with van der Waals surface area (Å²) in [5.74, 6) is -6.96. The van der Waals surface area contributed by atoms with Crippen LogP contribution in [0.4, 0.5) is 10.1 Å². The van der Waals surface area contributed by atoms with Crippen LogP contribution in [0.2, 0.25) is 0 Å². The van der Waals surface area contributed by atoms with Crippen LogP contribution in [-0.2, 0) is 33.8 Å². The molecule has 38 heavy (non-hydrogen) atoms. The van der Waals surface area contributed by atoms with Gasteiger partial charge in [-0.3, -0.25) is 24.6 Å². The molecule has 2 atom stereocenters. The number of hydrogen-bond donors (Lipinski definition) is 2. The minimum Gasteiger partial charge on any atom is -0.381 e. The van der Waals surface area contributed by atoms with E-state index in [1.54, 1.807) is 0 Å². The first kappa shape index (κ1) is 12.3. The number of halogens is 1. The smallest absolute Gasteiger partial charge is 0.255 e. The molecule has 0 saturated carbocycles. The molecule has 2 aromatic carbocycles. The Morgan fingerprint density at radius 3 is 2.71 bits per heavy atom. The fraction of sp³-hybridized carbons (Fsp3) is 0.483. The van der Waals surface area contributed by atoms with Gasteiger partial charge >= 0.3 is 0 Å². The van der Waals surface area contributed by atoms with Gasteiger partial charge in [0.25, 0.3) is 5.91 Å². The van der Waals surface area contributed by atoms with E-state index < -0.39 is 121 Å². The molecule has 2 fully saturated rings. The van der Waals surface area contributed by atoms with E-state index in [1.165, 1.54) is 5.32 Å². The number of piperidine rings is 1. The van der Waals surface area contributed by atoms with Gasteiger partial charge < -0.3 is 15.0 Å². The van der Waals surface area contributed by atoms with Gasteiger partial charge in [-0.25, -0.2) is 4.39 Å². The number of morpholine rings is 1. The molecular formula is C29H35FN4O4. The fourth-order valence-corrected chi connectivity index (χ4v) is 4.01. The van der Waals surface area contributed by atoms with Crippen LogP contribution in [0, 0.1) is 5.82 Å². The number of nitrogens with one attached hydrogen (secondary N) is 2. The van der Waals surface area contributed by atoms with Crippen molar-refractivity contribution in [2.24, 2.45) is 0 Å². The van der Waals surface area contributed by atoms with E-state index in [0.717, 1.165) is 57.2 Å². The van der Waals surface area contributed by atoms with Crippen molar-refractivity contribution in [3.05, 3.63) is 64.5 Å². The van der Waals surface area contributed by atoms with E-state index in [1.807, 2.05) is 0 Å². The summed E-state index contributed by atoms with van der Waals surface area (Å²) in [7, 11) is 0. The summed E-state index contributed by atoms with van der Waals surface area (Å²) >= 11 is 0. The minimum absolute atomic E-state index is 0.125. The van der Waals surface area contributed by atoms with Crippen molar-refractivity contribution < 1.29 is 48.2 Å². The van der Waals surface area contributed by atoms with Gasteiger partial charge in [-0.15, -0.1) is 0 Å². The predicted molar refractivity (Wildman–Crippen MR) is 141 cm³/mol. The Balaban J connectivity index is 1.62. The average Bonchev–Trinajstić information content (AvgIpc) is 3.22. The Hall–Kier alpha value is -3.30. The molecule has 2 unspecified atom stereocenters. The SMILES string of the molecule is [2H]C([2H])(Nc1cccc2c1C([2H])([2H])N(C1([2H])C(=O)NC(=O)C([2H])([2H])C1([2H])[2H])C2=O)c1cccc(C([2H])([2H])N2C([2H])([2H])C(C)(C)OC(C)(C([2H])([2H])[2H])C2([2H])[2H])c1F. The summed E-state index contributed by atoms with van der Waals surface area (Å²) in [6.07, 6.45) is -7.53. The third-order valence-corrected chi connectivity index (χ3v) is 5.41. The van der Waals surface area contributed by atoms with Crippen molar-refractivity contribution in [3.63, 3.8) is 0 Å². The fourth-order valence-electron chi connectivity index (χ4n) is 4.01. The molecule has 0 bridgehead atoms. The summed E-state index contributed by atoms with van der Waals surface area (Å²) in [5, 5.41) is 3.64. The molecule has 2 saturated heterocycles. The first-order chi connectivity index (χ1) is 24.9. The molecule has 0 spiro atoms. The molecule has 3 amide bonds. The maximum Gasteiger partial charge on any atom is 0.255 e. The lowest BCUT2D eigenvalue weighted by Gasteiger charge is -2.47. The Morgan fingerprint density at radius 1 is 1.18 bits per heavy atom. The Kier molecular flexibility index (Phi) is 3.15. The molecule has 3 aliphatic rings. The van der Waals surface area contributed by atoms with Gasteiger partial charge in [0.1, 0.15) is 11.8 Å². The second-order valence-electron chi connectivity index (χ2n) is 9.10. The summed E-state index contributed by atoms with van der Waals surface area (Å²) in [4.78, 5) is 38.6. The highest BCUT2D eigenvalue weighted by Crippen LogP contribution is 2.33. The highest BCUT2D eigenvalue weighted by molar-refractivity contribution is 6.06. The number of ether oxygens (including phenoxy) is 1. The van der Waals surface area contributed by atoms with E-state index in [9.17, 15) is 14.4 Å². The maximum absolute atomic E-state index is 16.7. The number of imide groups is 1. The molecular weight excluding hydrogens is 487 g/mol. The van der Waals surface area contributed by atoms with E-state index in [-0.39, 0.29) is 9.80 Å². The van der Waals surface area contributed by atoms with Gasteiger partial charge in [0.15, 0.2) is 0 Å². The molecule has 0 aliphatic carbocycles. The average molecular weight is 541 g/mol. The van der Waals surface area contributed by atoms with Crippen molar-refractivity contribution >= 4 is 23.4 Å².